The lowest BCUT2D eigenvalue weighted by Crippen LogP contribution is -2.35. The highest BCUT2D eigenvalue weighted by Crippen LogP contribution is 2.29. The summed E-state index contributed by atoms with van der Waals surface area (Å²) in [5, 5.41) is 0. The van der Waals surface area contributed by atoms with Crippen LogP contribution < -0.4 is 4.57 Å². The molecule has 6 heteroatoms. The third kappa shape index (κ3) is 4.26. The fraction of sp³-hybridized carbons (Fsp3) is 0.615. The first kappa shape index (κ1) is 14.4. The first-order chi connectivity index (χ1) is 8.96. The summed E-state index contributed by atoms with van der Waals surface area (Å²) in [6.07, 6.45) is 6.71. The number of hydrogen-bond acceptors (Lipinski definition) is 4. The van der Waals surface area contributed by atoms with Crippen molar-refractivity contribution in [2.75, 3.05) is 19.3 Å². The van der Waals surface area contributed by atoms with Crippen molar-refractivity contribution < 1.29 is 17.5 Å². The van der Waals surface area contributed by atoms with Crippen molar-refractivity contribution in [2.24, 2.45) is 0 Å². The van der Waals surface area contributed by atoms with Crippen molar-refractivity contribution in [1.82, 2.24) is 4.90 Å². The standard InChI is InChI=1S/C13H20N2O3S/c1-14-7-3-6-13(14)12-5-2-8-15(11-12)9-4-10-19(16,17)18/h2,5,8,11,13H,3-4,6-7,9-10H2,1H3/t13-/m0/s1. The second-order valence-electron chi connectivity index (χ2n) is 5.13. The SMILES string of the molecule is CN1CCC[C@H]1c1ccc[n+](CCCS(=O)(=O)[O-])c1. The Labute approximate surface area is 114 Å². The van der Waals surface area contributed by atoms with Crippen LogP contribution in [0.5, 0.6) is 0 Å². The molecule has 0 N–H and O–H groups in total. The molecule has 1 aliphatic heterocycles. The van der Waals surface area contributed by atoms with Gasteiger partial charge < -0.3 is 4.55 Å². The van der Waals surface area contributed by atoms with Gasteiger partial charge in [-0.05, 0) is 32.5 Å². The summed E-state index contributed by atoms with van der Waals surface area (Å²) in [5.41, 5.74) is 1.26. The molecular weight excluding hydrogens is 264 g/mol. The summed E-state index contributed by atoms with van der Waals surface area (Å²) >= 11 is 0. The van der Waals surface area contributed by atoms with Crippen molar-refractivity contribution in [3.8, 4) is 0 Å². The van der Waals surface area contributed by atoms with E-state index in [1.807, 2.05) is 16.8 Å². The second kappa shape index (κ2) is 5.98. The minimum Gasteiger partial charge on any atom is -0.748 e. The van der Waals surface area contributed by atoms with Crippen LogP contribution in [0.15, 0.2) is 24.5 Å². The summed E-state index contributed by atoms with van der Waals surface area (Å²) in [6.45, 7) is 1.68. The van der Waals surface area contributed by atoms with Crippen LogP contribution in [0.3, 0.4) is 0 Å². The minimum atomic E-state index is -4.10. The van der Waals surface area contributed by atoms with Crippen LogP contribution in [0, 0.1) is 0 Å². The number of pyridine rings is 1. The average Bonchev–Trinajstić information content (AvgIpc) is 2.74. The normalized spacial score (nSPS) is 20.8. The largest absolute Gasteiger partial charge is 0.748 e. The molecule has 0 radical (unpaired) electrons. The van der Waals surface area contributed by atoms with Gasteiger partial charge in [0.15, 0.2) is 12.4 Å². The summed E-state index contributed by atoms with van der Waals surface area (Å²) in [7, 11) is -1.98. The van der Waals surface area contributed by atoms with E-state index in [9.17, 15) is 13.0 Å². The lowest BCUT2D eigenvalue weighted by molar-refractivity contribution is -0.697. The van der Waals surface area contributed by atoms with E-state index in [0.29, 0.717) is 19.0 Å². The zero-order chi connectivity index (χ0) is 13.9. The third-order valence-electron chi connectivity index (χ3n) is 3.60. The molecule has 2 rings (SSSR count). The molecule has 106 valence electrons. The maximum atomic E-state index is 10.6. The lowest BCUT2D eigenvalue weighted by atomic mass is 10.1. The Balaban J connectivity index is 1.99. The molecule has 0 amide bonds. The van der Waals surface area contributed by atoms with Gasteiger partial charge in [-0.3, -0.25) is 4.90 Å². The highest BCUT2D eigenvalue weighted by atomic mass is 32.2. The molecule has 2 heterocycles. The third-order valence-corrected chi connectivity index (χ3v) is 4.39. The summed E-state index contributed by atoms with van der Waals surface area (Å²) in [5.74, 6) is -0.298. The number of aromatic nitrogens is 1. The van der Waals surface area contributed by atoms with Crippen LogP contribution in [0.4, 0.5) is 0 Å². The monoisotopic (exact) mass is 284 g/mol. The molecule has 0 bridgehead atoms. The molecule has 0 aliphatic carbocycles. The fourth-order valence-corrected chi connectivity index (χ4v) is 3.12. The maximum Gasteiger partial charge on any atom is 0.173 e. The van der Waals surface area contributed by atoms with E-state index in [4.69, 9.17) is 0 Å². The Bertz CT molecular complexity index is 530. The van der Waals surface area contributed by atoms with E-state index in [-0.39, 0.29) is 5.75 Å². The van der Waals surface area contributed by atoms with E-state index in [1.165, 1.54) is 12.0 Å². The van der Waals surface area contributed by atoms with E-state index in [1.54, 1.807) is 0 Å². The van der Waals surface area contributed by atoms with Gasteiger partial charge in [0, 0.05) is 29.8 Å². The molecule has 0 saturated carbocycles. The van der Waals surface area contributed by atoms with Gasteiger partial charge in [-0.1, -0.05) is 0 Å². The van der Waals surface area contributed by atoms with Gasteiger partial charge >= 0.3 is 0 Å². The Kier molecular flexibility index (Phi) is 4.54. The molecule has 1 aliphatic rings. The van der Waals surface area contributed by atoms with Crippen LogP contribution in [0.25, 0.3) is 0 Å². The van der Waals surface area contributed by atoms with Crippen LogP contribution in [-0.2, 0) is 16.7 Å². The molecule has 0 aromatic carbocycles. The lowest BCUT2D eigenvalue weighted by Gasteiger charge is -2.18. The highest BCUT2D eigenvalue weighted by molar-refractivity contribution is 7.85. The topological polar surface area (TPSA) is 64.3 Å². The number of rotatable bonds is 5. The molecule has 1 fully saturated rings. The van der Waals surface area contributed by atoms with Gasteiger partial charge in [-0.25, -0.2) is 13.0 Å². The maximum absolute atomic E-state index is 10.6. The predicted molar refractivity (Wildman–Crippen MR) is 70.4 cm³/mol. The van der Waals surface area contributed by atoms with E-state index in [2.05, 4.69) is 24.2 Å². The summed E-state index contributed by atoms with van der Waals surface area (Å²) in [4.78, 5) is 2.34. The predicted octanol–water partition coefficient (Wildman–Crippen LogP) is 0.676. The van der Waals surface area contributed by atoms with Crippen molar-refractivity contribution in [3.63, 3.8) is 0 Å². The number of likely N-dealkylation sites (tertiary alicyclic amines) is 1. The minimum absolute atomic E-state index is 0.298. The zero-order valence-electron chi connectivity index (χ0n) is 11.2. The molecule has 5 nitrogen and oxygen atoms in total. The molecule has 1 aromatic heterocycles. The van der Waals surface area contributed by atoms with Gasteiger partial charge in [-0.15, -0.1) is 0 Å². The van der Waals surface area contributed by atoms with Gasteiger partial charge in [0.25, 0.3) is 0 Å². The van der Waals surface area contributed by atoms with Crippen LogP contribution >= 0.6 is 0 Å². The molecule has 19 heavy (non-hydrogen) atoms. The molecule has 0 unspecified atom stereocenters. The quantitative estimate of drug-likeness (QED) is 0.589. The van der Waals surface area contributed by atoms with Crippen molar-refractivity contribution in [3.05, 3.63) is 30.1 Å². The Hall–Kier alpha value is -0.980. The van der Waals surface area contributed by atoms with E-state index in [0.717, 1.165) is 13.0 Å². The molecule has 1 aromatic rings. The van der Waals surface area contributed by atoms with Gasteiger partial charge in [0.1, 0.15) is 6.54 Å². The first-order valence-electron chi connectivity index (χ1n) is 6.58. The van der Waals surface area contributed by atoms with Gasteiger partial charge in [0.05, 0.1) is 10.1 Å². The van der Waals surface area contributed by atoms with Crippen molar-refractivity contribution >= 4 is 10.1 Å². The molecular formula is C13H20N2O3S. The van der Waals surface area contributed by atoms with Gasteiger partial charge in [-0.2, -0.15) is 0 Å². The number of nitrogens with zero attached hydrogens (tertiary/aromatic N) is 2. The number of aryl methyl sites for hydroxylation is 1. The molecule has 1 saturated heterocycles. The number of hydrogen-bond donors (Lipinski definition) is 0. The summed E-state index contributed by atoms with van der Waals surface area (Å²) in [6, 6.07) is 4.54. The Morgan fingerprint density at radius 1 is 1.53 bits per heavy atom. The van der Waals surface area contributed by atoms with Crippen LogP contribution in [0.2, 0.25) is 0 Å². The van der Waals surface area contributed by atoms with Crippen molar-refractivity contribution in [2.45, 2.75) is 31.8 Å². The Morgan fingerprint density at radius 3 is 2.95 bits per heavy atom. The highest BCUT2D eigenvalue weighted by Gasteiger charge is 2.24. The Morgan fingerprint density at radius 2 is 2.32 bits per heavy atom. The van der Waals surface area contributed by atoms with E-state index >= 15 is 0 Å². The van der Waals surface area contributed by atoms with Crippen molar-refractivity contribution in [1.29, 1.82) is 0 Å². The zero-order valence-corrected chi connectivity index (χ0v) is 12.0. The van der Waals surface area contributed by atoms with Crippen LogP contribution in [0.1, 0.15) is 30.9 Å². The average molecular weight is 284 g/mol. The second-order valence-corrected chi connectivity index (χ2v) is 6.65. The van der Waals surface area contributed by atoms with Gasteiger partial charge in [0.2, 0.25) is 0 Å². The smallest absolute Gasteiger partial charge is 0.173 e. The molecule has 0 spiro atoms. The van der Waals surface area contributed by atoms with E-state index < -0.39 is 10.1 Å². The first-order valence-corrected chi connectivity index (χ1v) is 8.16. The fourth-order valence-electron chi connectivity index (χ4n) is 2.63. The van der Waals surface area contributed by atoms with Crippen LogP contribution in [-0.4, -0.2) is 37.2 Å². The molecule has 1 atom stereocenters. The summed E-state index contributed by atoms with van der Waals surface area (Å²) < 4.78 is 33.7.